The van der Waals surface area contributed by atoms with Gasteiger partial charge < -0.3 is 10.1 Å². The fourth-order valence-electron chi connectivity index (χ4n) is 3.02. The second kappa shape index (κ2) is 8.63. The summed E-state index contributed by atoms with van der Waals surface area (Å²) in [7, 11) is 1.66. The zero-order chi connectivity index (χ0) is 18.4. The van der Waals surface area contributed by atoms with Crippen LogP contribution in [-0.2, 0) is 17.9 Å². The van der Waals surface area contributed by atoms with Crippen LogP contribution in [-0.4, -0.2) is 31.0 Å². The molecule has 0 bridgehead atoms. The first kappa shape index (κ1) is 18.1. The van der Waals surface area contributed by atoms with Gasteiger partial charge in [-0.3, -0.25) is 9.69 Å². The van der Waals surface area contributed by atoms with Crippen LogP contribution in [0.2, 0.25) is 0 Å². The lowest BCUT2D eigenvalue weighted by atomic mass is 10.1. The molecule has 0 saturated carbocycles. The second-order valence-corrected chi connectivity index (χ2v) is 6.34. The van der Waals surface area contributed by atoms with Crippen LogP contribution in [0.4, 0.5) is 4.39 Å². The maximum atomic E-state index is 13.6. The zero-order valence-electron chi connectivity index (χ0n) is 14.9. The summed E-state index contributed by atoms with van der Waals surface area (Å²) in [5.74, 6) is 0.437. The topological polar surface area (TPSA) is 41.6 Å². The summed E-state index contributed by atoms with van der Waals surface area (Å²) in [6.07, 6.45) is 2.65. The summed E-state index contributed by atoms with van der Waals surface area (Å²) in [5.41, 5.74) is 2.45. The number of ether oxygens (including phenoxy) is 1. The molecule has 0 unspecified atom stereocenters. The number of benzene rings is 2. The predicted molar refractivity (Wildman–Crippen MR) is 99.2 cm³/mol. The maximum absolute atomic E-state index is 13.6. The molecule has 0 aliphatic carbocycles. The molecule has 5 heteroatoms. The molecule has 0 radical (unpaired) electrons. The van der Waals surface area contributed by atoms with Gasteiger partial charge in [0.05, 0.1) is 7.11 Å². The number of hydrogen-bond acceptors (Lipinski definition) is 3. The summed E-state index contributed by atoms with van der Waals surface area (Å²) >= 11 is 0. The van der Waals surface area contributed by atoms with Crippen molar-refractivity contribution in [2.45, 2.75) is 19.5 Å². The minimum Gasteiger partial charge on any atom is -0.497 e. The van der Waals surface area contributed by atoms with E-state index in [1.54, 1.807) is 25.3 Å². The van der Waals surface area contributed by atoms with Gasteiger partial charge in [0.2, 0.25) is 5.91 Å². The average Bonchev–Trinajstić information content (AvgIpc) is 2.68. The lowest BCUT2D eigenvalue weighted by Crippen LogP contribution is -2.33. The Hall–Kier alpha value is -2.66. The molecular weight excluding hydrogens is 331 g/mol. The molecule has 1 aliphatic heterocycles. The molecule has 0 atom stereocenters. The molecule has 0 aromatic heterocycles. The Balaban J connectivity index is 1.52. The van der Waals surface area contributed by atoms with E-state index in [4.69, 9.17) is 4.74 Å². The number of amides is 1. The van der Waals surface area contributed by atoms with Crippen LogP contribution in [0.3, 0.4) is 0 Å². The molecule has 1 aliphatic rings. The first-order chi connectivity index (χ1) is 12.7. The lowest BCUT2D eigenvalue weighted by molar-refractivity contribution is -0.118. The number of halogens is 1. The molecule has 2 aromatic rings. The molecule has 1 heterocycles. The van der Waals surface area contributed by atoms with Crippen LogP contribution in [0.5, 0.6) is 5.75 Å². The number of rotatable bonds is 6. The van der Waals surface area contributed by atoms with E-state index >= 15 is 0 Å². The Labute approximate surface area is 153 Å². The third kappa shape index (κ3) is 4.70. The number of carbonyl (C=O) groups is 1. The highest BCUT2D eigenvalue weighted by molar-refractivity contribution is 5.93. The van der Waals surface area contributed by atoms with Gasteiger partial charge in [-0.25, -0.2) is 4.39 Å². The minimum atomic E-state index is -0.296. The van der Waals surface area contributed by atoms with Crippen molar-refractivity contribution in [3.8, 4) is 5.75 Å². The van der Waals surface area contributed by atoms with Crippen molar-refractivity contribution in [1.29, 1.82) is 0 Å². The number of nitrogens with one attached hydrogen (secondary N) is 1. The molecule has 2 aromatic carbocycles. The van der Waals surface area contributed by atoms with Crippen molar-refractivity contribution in [1.82, 2.24) is 10.2 Å². The summed E-state index contributed by atoms with van der Waals surface area (Å²) < 4.78 is 18.9. The van der Waals surface area contributed by atoms with Crippen LogP contribution in [0.15, 0.2) is 60.2 Å². The van der Waals surface area contributed by atoms with Crippen molar-refractivity contribution in [2.75, 3.05) is 20.2 Å². The van der Waals surface area contributed by atoms with E-state index in [2.05, 4.69) is 16.3 Å². The standard InChI is InChI=1S/C21H23FN2O2/c1-26-19-7-4-5-16(13-19)15-24-11-9-17(10-12-24)21(25)23-14-18-6-2-3-8-20(18)22/h2-9,13H,10-12,14-15H2,1H3,(H,23,25). The number of carbonyl (C=O) groups excluding carboxylic acids is 1. The third-order valence-corrected chi connectivity index (χ3v) is 4.52. The van der Waals surface area contributed by atoms with Gasteiger partial charge in [0.1, 0.15) is 11.6 Å². The largest absolute Gasteiger partial charge is 0.497 e. The van der Waals surface area contributed by atoms with Crippen LogP contribution < -0.4 is 10.1 Å². The average molecular weight is 354 g/mol. The Kier molecular flexibility index (Phi) is 6.02. The molecule has 26 heavy (non-hydrogen) atoms. The summed E-state index contributed by atoms with van der Waals surface area (Å²) in [5, 5.41) is 2.81. The van der Waals surface area contributed by atoms with E-state index in [1.807, 2.05) is 24.3 Å². The Bertz CT molecular complexity index is 804. The van der Waals surface area contributed by atoms with Gasteiger partial charge in [-0.05, 0) is 30.2 Å². The SMILES string of the molecule is COc1cccc(CN2CC=C(C(=O)NCc3ccccc3F)CC2)c1. The van der Waals surface area contributed by atoms with Gasteiger partial charge in [0, 0.05) is 37.3 Å². The molecule has 1 amide bonds. The quantitative estimate of drug-likeness (QED) is 0.866. The predicted octanol–water partition coefficient (Wildman–Crippen LogP) is 3.28. The lowest BCUT2D eigenvalue weighted by Gasteiger charge is -2.26. The molecule has 0 saturated heterocycles. The van der Waals surface area contributed by atoms with E-state index in [1.165, 1.54) is 11.6 Å². The molecule has 0 fully saturated rings. The van der Waals surface area contributed by atoms with E-state index < -0.39 is 0 Å². The highest BCUT2D eigenvalue weighted by atomic mass is 19.1. The van der Waals surface area contributed by atoms with Crippen molar-refractivity contribution in [3.63, 3.8) is 0 Å². The van der Waals surface area contributed by atoms with Gasteiger partial charge >= 0.3 is 0 Å². The van der Waals surface area contributed by atoms with Crippen LogP contribution >= 0.6 is 0 Å². The number of methoxy groups -OCH3 is 1. The van der Waals surface area contributed by atoms with E-state index in [0.717, 1.165) is 31.0 Å². The highest BCUT2D eigenvalue weighted by Crippen LogP contribution is 2.17. The first-order valence-corrected chi connectivity index (χ1v) is 8.71. The molecule has 1 N–H and O–H groups in total. The number of hydrogen-bond donors (Lipinski definition) is 1. The van der Waals surface area contributed by atoms with Crippen LogP contribution in [0.25, 0.3) is 0 Å². The molecule has 136 valence electrons. The summed E-state index contributed by atoms with van der Waals surface area (Å²) in [4.78, 5) is 14.6. The van der Waals surface area contributed by atoms with Crippen molar-refractivity contribution < 1.29 is 13.9 Å². The Morgan fingerprint density at radius 1 is 1.23 bits per heavy atom. The molecule has 4 nitrogen and oxygen atoms in total. The van der Waals surface area contributed by atoms with E-state index in [-0.39, 0.29) is 18.3 Å². The molecule has 0 spiro atoms. The zero-order valence-corrected chi connectivity index (χ0v) is 14.9. The maximum Gasteiger partial charge on any atom is 0.247 e. The van der Waals surface area contributed by atoms with Crippen LogP contribution in [0.1, 0.15) is 17.5 Å². The summed E-state index contributed by atoms with van der Waals surface area (Å²) in [6, 6.07) is 14.5. The van der Waals surface area contributed by atoms with E-state index in [0.29, 0.717) is 12.0 Å². The number of nitrogens with zero attached hydrogens (tertiary/aromatic N) is 1. The van der Waals surface area contributed by atoms with Crippen molar-refractivity contribution >= 4 is 5.91 Å². The second-order valence-electron chi connectivity index (χ2n) is 6.34. The summed E-state index contributed by atoms with van der Waals surface area (Å²) in [6.45, 7) is 2.56. The smallest absolute Gasteiger partial charge is 0.247 e. The fourth-order valence-corrected chi connectivity index (χ4v) is 3.02. The fraction of sp³-hybridized carbons (Fsp3) is 0.286. The van der Waals surface area contributed by atoms with Gasteiger partial charge in [-0.1, -0.05) is 36.4 Å². The minimum absolute atomic E-state index is 0.116. The Morgan fingerprint density at radius 3 is 2.81 bits per heavy atom. The normalized spacial score (nSPS) is 14.6. The van der Waals surface area contributed by atoms with Gasteiger partial charge in [0.25, 0.3) is 0 Å². The van der Waals surface area contributed by atoms with Gasteiger partial charge in [0.15, 0.2) is 0 Å². The van der Waals surface area contributed by atoms with Crippen LogP contribution in [0, 0.1) is 5.82 Å². The van der Waals surface area contributed by atoms with Gasteiger partial charge in [-0.2, -0.15) is 0 Å². The molecule has 3 rings (SSSR count). The van der Waals surface area contributed by atoms with Crippen molar-refractivity contribution in [3.05, 3.63) is 77.1 Å². The monoisotopic (exact) mass is 354 g/mol. The first-order valence-electron chi connectivity index (χ1n) is 8.71. The molecular formula is C21H23FN2O2. The Morgan fingerprint density at radius 2 is 2.08 bits per heavy atom. The van der Waals surface area contributed by atoms with E-state index in [9.17, 15) is 9.18 Å². The van der Waals surface area contributed by atoms with Gasteiger partial charge in [-0.15, -0.1) is 0 Å². The highest BCUT2D eigenvalue weighted by Gasteiger charge is 2.17. The third-order valence-electron chi connectivity index (χ3n) is 4.52. The van der Waals surface area contributed by atoms with Crippen molar-refractivity contribution in [2.24, 2.45) is 0 Å².